The van der Waals surface area contributed by atoms with Crippen molar-refractivity contribution in [2.24, 2.45) is 4.99 Å². The number of rotatable bonds is 4. The first kappa shape index (κ1) is 20.8. The average Bonchev–Trinajstić information content (AvgIpc) is 2.87. The van der Waals surface area contributed by atoms with Gasteiger partial charge in [-0.2, -0.15) is 5.26 Å². The molecule has 0 N–H and O–H groups in total. The lowest BCUT2D eigenvalue weighted by molar-refractivity contribution is 0.400. The van der Waals surface area contributed by atoms with Crippen LogP contribution in [0, 0.1) is 11.3 Å². The largest absolute Gasteiger partial charge is 0.497 e. The van der Waals surface area contributed by atoms with Gasteiger partial charge < -0.3 is 9.47 Å². The van der Waals surface area contributed by atoms with Gasteiger partial charge in [-0.3, -0.25) is 0 Å². The Balaban J connectivity index is 1.69. The lowest BCUT2D eigenvalue weighted by atomic mass is 9.82. The summed E-state index contributed by atoms with van der Waals surface area (Å²) in [4.78, 5) is 4.60. The molecule has 0 aromatic heterocycles. The van der Waals surface area contributed by atoms with Gasteiger partial charge in [-0.25, -0.2) is 4.99 Å². The van der Waals surface area contributed by atoms with Crippen molar-refractivity contribution in [2.75, 3.05) is 7.11 Å². The number of benzene rings is 4. The summed E-state index contributed by atoms with van der Waals surface area (Å²) in [6.07, 6.45) is 1.69. The third-order valence-electron chi connectivity index (χ3n) is 5.72. The van der Waals surface area contributed by atoms with E-state index in [0.29, 0.717) is 16.3 Å². The first-order chi connectivity index (χ1) is 16.2. The van der Waals surface area contributed by atoms with Crippen LogP contribution in [0.3, 0.4) is 0 Å². The number of nitrogens with zero attached hydrogens (tertiary/aromatic N) is 2. The van der Waals surface area contributed by atoms with Crippen LogP contribution in [0.4, 0.5) is 0 Å². The number of aliphatic imine (C=N–C) groups is 1. The Bertz CT molecular complexity index is 1450. The number of hydrogen-bond donors (Lipinski definition) is 0. The van der Waals surface area contributed by atoms with E-state index in [2.05, 4.69) is 11.1 Å². The van der Waals surface area contributed by atoms with Crippen molar-refractivity contribution in [3.05, 3.63) is 118 Å². The van der Waals surface area contributed by atoms with E-state index in [1.165, 1.54) is 0 Å². The van der Waals surface area contributed by atoms with Crippen molar-refractivity contribution in [2.45, 2.75) is 5.92 Å². The van der Waals surface area contributed by atoms with Gasteiger partial charge in [0.15, 0.2) is 0 Å². The summed E-state index contributed by atoms with van der Waals surface area (Å²) in [7, 11) is 1.62. The maximum atomic E-state index is 10.2. The standard InChI is InChI=1S/C28H19ClN2O2/c1-32-20-13-10-18(11-14-20)17-31-28-24(16-30)26(22-8-4-5-9-25(22)29)23-15-12-19-6-2-3-7-21(19)27(23)33-28/h2-15,17,26H,1H3/b31-17+. The molecule has 4 nitrogen and oxygen atoms in total. The first-order valence-electron chi connectivity index (χ1n) is 10.5. The maximum absolute atomic E-state index is 10.2. The maximum Gasteiger partial charge on any atom is 0.234 e. The van der Waals surface area contributed by atoms with E-state index < -0.39 is 0 Å². The van der Waals surface area contributed by atoms with Gasteiger partial charge >= 0.3 is 0 Å². The molecule has 160 valence electrons. The molecule has 5 rings (SSSR count). The lowest BCUT2D eigenvalue weighted by Crippen LogP contribution is -2.16. The third-order valence-corrected chi connectivity index (χ3v) is 6.07. The molecule has 0 saturated heterocycles. The summed E-state index contributed by atoms with van der Waals surface area (Å²) in [6, 6.07) is 29.5. The zero-order valence-corrected chi connectivity index (χ0v) is 18.6. The molecule has 5 heteroatoms. The summed E-state index contributed by atoms with van der Waals surface area (Å²) in [5.41, 5.74) is 3.01. The third kappa shape index (κ3) is 3.84. The minimum atomic E-state index is -0.389. The van der Waals surface area contributed by atoms with Crippen LogP contribution in [-0.2, 0) is 0 Å². The summed E-state index contributed by atoms with van der Waals surface area (Å²) in [6.45, 7) is 0. The zero-order chi connectivity index (χ0) is 22.8. The smallest absolute Gasteiger partial charge is 0.234 e. The number of fused-ring (bicyclic) bond motifs is 3. The first-order valence-corrected chi connectivity index (χ1v) is 10.8. The number of halogens is 1. The Hall–Kier alpha value is -4.07. The van der Waals surface area contributed by atoms with Gasteiger partial charge in [0.25, 0.3) is 0 Å². The predicted octanol–water partition coefficient (Wildman–Crippen LogP) is 6.88. The number of nitriles is 1. The zero-order valence-electron chi connectivity index (χ0n) is 17.8. The van der Waals surface area contributed by atoms with E-state index in [1.54, 1.807) is 13.3 Å². The van der Waals surface area contributed by atoms with E-state index in [0.717, 1.165) is 33.2 Å². The average molecular weight is 451 g/mol. The van der Waals surface area contributed by atoms with Crippen LogP contribution in [0.15, 0.2) is 101 Å². The molecule has 0 amide bonds. The number of hydrogen-bond acceptors (Lipinski definition) is 4. The predicted molar refractivity (Wildman–Crippen MR) is 131 cm³/mol. The number of allylic oxidation sites excluding steroid dienone is 1. The molecule has 1 heterocycles. The molecule has 0 aliphatic carbocycles. The molecule has 0 radical (unpaired) electrons. The lowest BCUT2D eigenvalue weighted by Gasteiger charge is -2.28. The molecule has 4 aromatic rings. The van der Waals surface area contributed by atoms with Gasteiger partial charge in [0, 0.05) is 22.2 Å². The van der Waals surface area contributed by atoms with Crippen LogP contribution in [0.2, 0.25) is 5.02 Å². The van der Waals surface area contributed by atoms with Crippen molar-refractivity contribution in [1.29, 1.82) is 5.26 Å². The van der Waals surface area contributed by atoms with Gasteiger partial charge in [0.2, 0.25) is 5.88 Å². The molecule has 1 aliphatic rings. The minimum absolute atomic E-state index is 0.266. The SMILES string of the molecule is COc1ccc(/C=N/C2=C(C#N)C(c3ccccc3Cl)c3ccc4ccccc4c3O2)cc1. The highest BCUT2D eigenvalue weighted by molar-refractivity contribution is 6.31. The molecule has 0 spiro atoms. The van der Waals surface area contributed by atoms with E-state index in [-0.39, 0.29) is 11.8 Å². The summed E-state index contributed by atoms with van der Waals surface area (Å²) >= 11 is 6.59. The fourth-order valence-corrected chi connectivity index (χ4v) is 4.34. The van der Waals surface area contributed by atoms with Crippen molar-refractivity contribution < 1.29 is 9.47 Å². The van der Waals surface area contributed by atoms with Gasteiger partial charge in [-0.15, -0.1) is 0 Å². The topological polar surface area (TPSA) is 54.6 Å². The fraction of sp³-hybridized carbons (Fsp3) is 0.0714. The monoisotopic (exact) mass is 450 g/mol. The number of ether oxygens (including phenoxy) is 2. The summed E-state index contributed by atoms with van der Waals surface area (Å²) in [5, 5.41) is 12.8. The highest BCUT2D eigenvalue weighted by atomic mass is 35.5. The molecular formula is C28H19ClN2O2. The molecule has 0 saturated carbocycles. The van der Waals surface area contributed by atoms with E-state index >= 15 is 0 Å². The quantitative estimate of drug-likeness (QED) is 0.318. The second kappa shape index (κ2) is 8.82. The van der Waals surface area contributed by atoms with Gasteiger partial charge in [0.05, 0.1) is 13.0 Å². The molecule has 1 unspecified atom stereocenters. The van der Waals surface area contributed by atoms with Crippen molar-refractivity contribution in [1.82, 2.24) is 0 Å². The molecule has 33 heavy (non-hydrogen) atoms. The number of methoxy groups -OCH3 is 1. The fourth-order valence-electron chi connectivity index (χ4n) is 4.10. The summed E-state index contributed by atoms with van der Waals surface area (Å²) < 4.78 is 11.5. The second-order valence-electron chi connectivity index (χ2n) is 7.62. The molecular weight excluding hydrogens is 432 g/mol. The van der Waals surface area contributed by atoms with Crippen LogP contribution in [0.1, 0.15) is 22.6 Å². The Morgan fingerprint density at radius 1 is 0.939 bits per heavy atom. The van der Waals surface area contributed by atoms with Gasteiger partial charge in [-0.05, 0) is 46.8 Å². The highest BCUT2D eigenvalue weighted by Crippen LogP contribution is 2.47. The Morgan fingerprint density at radius 3 is 2.45 bits per heavy atom. The summed E-state index contributed by atoms with van der Waals surface area (Å²) in [5.74, 6) is 1.33. The Morgan fingerprint density at radius 2 is 1.70 bits per heavy atom. The molecule has 0 fully saturated rings. The van der Waals surface area contributed by atoms with E-state index in [4.69, 9.17) is 21.1 Å². The van der Waals surface area contributed by atoms with Crippen LogP contribution in [0.5, 0.6) is 11.5 Å². The van der Waals surface area contributed by atoms with Gasteiger partial charge in [0.1, 0.15) is 23.1 Å². The highest BCUT2D eigenvalue weighted by Gasteiger charge is 2.33. The van der Waals surface area contributed by atoms with Crippen molar-refractivity contribution in [3.63, 3.8) is 0 Å². The molecule has 0 bridgehead atoms. The Kier molecular flexibility index (Phi) is 5.56. The normalized spacial score (nSPS) is 15.2. The molecule has 1 atom stereocenters. The van der Waals surface area contributed by atoms with Crippen LogP contribution >= 0.6 is 11.6 Å². The van der Waals surface area contributed by atoms with E-state index in [1.807, 2.05) is 84.9 Å². The van der Waals surface area contributed by atoms with Crippen LogP contribution < -0.4 is 9.47 Å². The minimum Gasteiger partial charge on any atom is -0.497 e. The van der Waals surface area contributed by atoms with Crippen molar-refractivity contribution in [3.8, 4) is 17.6 Å². The molecule has 4 aromatic carbocycles. The molecule has 1 aliphatic heterocycles. The van der Waals surface area contributed by atoms with Crippen LogP contribution in [-0.4, -0.2) is 13.3 Å². The van der Waals surface area contributed by atoms with Gasteiger partial charge in [-0.1, -0.05) is 66.2 Å². The van der Waals surface area contributed by atoms with E-state index in [9.17, 15) is 5.26 Å². The second-order valence-corrected chi connectivity index (χ2v) is 8.03. The van der Waals surface area contributed by atoms with Crippen molar-refractivity contribution >= 4 is 28.6 Å². The van der Waals surface area contributed by atoms with Crippen LogP contribution in [0.25, 0.3) is 10.8 Å². The Labute approximate surface area is 197 Å².